The Hall–Kier alpha value is -2.68. The van der Waals surface area contributed by atoms with E-state index in [4.69, 9.17) is 5.26 Å². The average molecular weight is 230 g/mol. The molecule has 0 fully saturated rings. The van der Waals surface area contributed by atoms with E-state index in [1.54, 1.807) is 12.1 Å². The summed E-state index contributed by atoms with van der Waals surface area (Å²) in [5.74, 6) is -0.988. The Morgan fingerprint density at radius 3 is 3.06 bits per heavy atom. The van der Waals surface area contributed by atoms with Crippen LogP contribution in [0.1, 0.15) is 16.2 Å². The van der Waals surface area contributed by atoms with Crippen LogP contribution in [0.15, 0.2) is 30.6 Å². The van der Waals surface area contributed by atoms with Crippen molar-refractivity contribution < 1.29 is 9.18 Å². The minimum atomic E-state index is -0.537. The molecule has 0 saturated heterocycles. The molecule has 2 rings (SSSR count). The van der Waals surface area contributed by atoms with Gasteiger partial charge in [-0.25, -0.2) is 9.37 Å². The van der Waals surface area contributed by atoms with Gasteiger partial charge in [-0.3, -0.25) is 4.79 Å². The number of nitrogens with one attached hydrogen (secondary N) is 2. The fraction of sp³-hybridized carbons (Fsp3) is 0. The van der Waals surface area contributed by atoms with E-state index < -0.39 is 11.7 Å². The van der Waals surface area contributed by atoms with Crippen molar-refractivity contribution in [3.05, 3.63) is 47.8 Å². The van der Waals surface area contributed by atoms with Gasteiger partial charge in [-0.05, 0) is 18.2 Å². The number of aromatic amines is 1. The van der Waals surface area contributed by atoms with Gasteiger partial charge in [0.25, 0.3) is 5.91 Å². The summed E-state index contributed by atoms with van der Waals surface area (Å²) < 4.78 is 12.9. The number of carbonyl (C=O) groups excluding carboxylic acids is 1. The zero-order chi connectivity index (χ0) is 12.3. The van der Waals surface area contributed by atoms with Crippen LogP contribution in [-0.4, -0.2) is 15.9 Å². The number of rotatable bonds is 2. The number of carbonyl (C=O) groups is 1. The van der Waals surface area contributed by atoms with Gasteiger partial charge in [0.05, 0.1) is 6.33 Å². The standard InChI is InChI=1S/C11H7FN4O/c12-7-2-1-3-8(4-7)16-11(17)10-9(5-13)14-6-15-10/h1-4,6H,(H,14,15)(H,16,17). The topological polar surface area (TPSA) is 81.6 Å². The number of benzene rings is 1. The minimum Gasteiger partial charge on any atom is -0.339 e. The molecule has 0 atom stereocenters. The molecular formula is C11H7FN4O. The van der Waals surface area contributed by atoms with Gasteiger partial charge in [0.1, 0.15) is 17.6 Å². The lowest BCUT2D eigenvalue weighted by atomic mass is 10.3. The molecule has 0 radical (unpaired) electrons. The molecule has 1 aromatic carbocycles. The van der Waals surface area contributed by atoms with E-state index in [0.717, 1.165) is 0 Å². The number of hydrogen-bond donors (Lipinski definition) is 2. The first-order valence-corrected chi connectivity index (χ1v) is 4.71. The molecule has 0 aliphatic rings. The van der Waals surface area contributed by atoms with Gasteiger partial charge < -0.3 is 10.3 Å². The van der Waals surface area contributed by atoms with Crippen LogP contribution in [-0.2, 0) is 0 Å². The second kappa shape index (κ2) is 4.45. The third-order valence-electron chi connectivity index (χ3n) is 2.05. The Morgan fingerprint density at radius 2 is 2.35 bits per heavy atom. The second-order valence-electron chi connectivity index (χ2n) is 3.20. The van der Waals surface area contributed by atoms with Crippen molar-refractivity contribution in [1.82, 2.24) is 9.97 Å². The van der Waals surface area contributed by atoms with E-state index >= 15 is 0 Å². The maximum atomic E-state index is 12.9. The molecule has 1 aromatic heterocycles. The van der Waals surface area contributed by atoms with Crippen LogP contribution in [0.3, 0.4) is 0 Å². The third-order valence-corrected chi connectivity index (χ3v) is 2.05. The fourth-order valence-corrected chi connectivity index (χ4v) is 1.31. The van der Waals surface area contributed by atoms with Gasteiger partial charge >= 0.3 is 0 Å². The van der Waals surface area contributed by atoms with Gasteiger partial charge in [-0.15, -0.1) is 0 Å². The molecule has 0 aliphatic heterocycles. The van der Waals surface area contributed by atoms with Gasteiger partial charge in [0.2, 0.25) is 0 Å². The SMILES string of the molecule is N#Cc1nc[nH]c1C(=O)Nc1cccc(F)c1. The number of imidazole rings is 1. The van der Waals surface area contributed by atoms with Crippen molar-refractivity contribution in [2.75, 3.05) is 5.32 Å². The summed E-state index contributed by atoms with van der Waals surface area (Å²) in [7, 11) is 0. The quantitative estimate of drug-likeness (QED) is 0.823. The lowest BCUT2D eigenvalue weighted by Gasteiger charge is -2.03. The Kier molecular flexibility index (Phi) is 2.83. The minimum absolute atomic E-state index is 0.00102. The highest BCUT2D eigenvalue weighted by molar-refractivity contribution is 6.04. The number of H-pyrrole nitrogens is 1. The maximum absolute atomic E-state index is 12.9. The van der Waals surface area contributed by atoms with E-state index in [1.807, 2.05) is 0 Å². The zero-order valence-corrected chi connectivity index (χ0v) is 8.57. The Balaban J connectivity index is 2.21. The molecule has 0 bridgehead atoms. The lowest BCUT2D eigenvalue weighted by molar-refractivity contribution is 0.102. The number of hydrogen-bond acceptors (Lipinski definition) is 3. The summed E-state index contributed by atoms with van der Waals surface area (Å²) in [5, 5.41) is 11.2. The number of halogens is 1. The van der Waals surface area contributed by atoms with E-state index in [-0.39, 0.29) is 11.4 Å². The third kappa shape index (κ3) is 2.29. The molecule has 2 N–H and O–H groups in total. The molecule has 0 saturated carbocycles. The molecule has 5 nitrogen and oxygen atoms in total. The number of aromatic nitrogens is 2. The molecular weight excluding hydrogens is 223 g/mol. The predicted octanol–water partition coefficient (Wildman–Crippen LogP) is 1.67. The van der Waals surface area contributed by atoms with Crippen LogP contribution in [0.5, 0.6) is 0 Å². The van der Waals surface area contributed by atoms with Crippen molar-refractivity contribution in [1.29, 1.82) is 5.26 Å². The molecule has 0 aliphatic carbocycles. The predicted molar refractivity (Wildman–Crippen MR) is 57.7 cm³/mol. The first-order valence-electron chi connectivity index (χ1n) is 4.71. The van der Waals surface area contributed by atoms with E-state index in [1.165, 1.54) is 24.5 Å². The van der Waals surface area contributed by atoms with Crippen LogP contribution >= 0.6 is 0 Å². The Morgan fingerprint density at radius 1 is 1.53 bits per heavy atom. The number of nitrogens with zero attached hydrogens (tertiary/aromatic N) is 2. The highest BCUT2D eigenvalue weighted by Crippen LogP contribution is 2.11. The smallest absolute Gasteiger partial charge is 0.275 e. The van der Waals surface area contributed by atoms with Crippen LogP contribution < -0.4 is 5.32 Å². The second-order valence-corrected chi connectivity index (χ2v) is 3.20. The van der Waals surface area contributed by atoms with Crippen LogP contribution in [0.25, 0.3) is 0 Å². The number of amides is 1. The normalized spacial score (nSPS) is 9.65. The number of nitriles is 1. The van der Waals surface area contributed by atoms with Crippen LogP contribution in [0.4, 0.5) is 10.1 Å². The molecule has 2 aromatic rings. The van der Waals surface area contributed by atoms with Gasteiger partial charge in [0.15, 0.2) is 5.69 Å². The molecule has 84 valence electrons. The average Bonchev–Trinajstić information content (AvgIpc) is 2.77. The Labute approximate surface area is 95.9 Å². The van der Waals surface area contributed by atoms with Crippen molar-refractivity contribution >= 4 is 11.6 Å². The summed E-state index contributed by atoms with van der Waals surface area (Å²) in [4.78, 5) is 17.9. The van der Waals surface area contributed by atoms with Crippen molar-refractivity contribution in [2.45, 2.75) is 0 Å². The highest BCUT2D eigenvalue weighted by atomic mass is 19.1. The summed E-state index contributed by atoms with van der Waals surface area (Å²) in [6, 6.07) is 7.25. The van der Waals surface area contributed by atoms with Crippen LogP contribution in [0, 0.1) is 17.1 Å². The first-order chi connectivity index (χ1) is 8.20. The van der Waals surface area contributed by atoms with Crippen molar-refractivity contribution in [2.24, 2.45) is 0 Å². The molecule has 1 amide bonds. The molecule has 0 spiro atoms. The van der Waals surface area contributed by atoms with E-state index in [2.05, 4.69) is 15.3 Å². The van der Waals surface area contributed by atoms with E-state index in [9.17, 15) is 9.18 Å². The molecule has 1 heterocycles. The highest BCUT2D eigenvalue weighted by Gasteiger charge is 2.13. The van der Waals surface area contributed by atoms with Gasteiger partial charge in [-0.1, -0.05) is 6.07 Å². The Bertz CT molecular complexity index is 600. The van der Waals surface area contributed by atoms with Crippen molar-refractivity contribution in [3.8, 4) is 6.07 Å². The lowest BCUT2D eigenvalue weighted by Crippen LogP contribution is -2.13. The molecule has 0 unspecified atom stereocenters. The summed E-state index contributed by atoms with van der Waals surface area (Å²) in [6.45, 7) is 0. The van der Waals surface area contributed by atoms with Gasteiger partial charge in [0, 0.05) is 5.69 Å². The first kappa shape index (κ1) is 10.8. The monoisotopic (exact) mass is 230 g/mol. The van der Waals surface area contributed by atoms with Gasteiger partial charge in [-0.2, -0.15) is 5.26 Å². The molecule has 17 heavy (non-hydrogen) atoms. The summed E-state index contributed by atoms with van der Waals surface area (Å²) in [5.41, 5.74) is 0.365. The van der Waals surface area contributed by atoms with E-state index in [0.29, 0.717) is 5.69 Å². The summed E-state index contributed by atoms with van der Waals surface area (Å²) in [6.07, 6.45) is 1.25. The summed E-state index contributed by atoms with van der Waals surface area (Å²) >= 11 is 0. The van der Waals surface area contributed by atoms with Crippen molar-refractivity contribution in [3.63, 3.8) is 0 Å². The van der Waals surface area contributed by atoms with Crippen LogP contribution in [0.2, 0.25) is 0 Å². The fourth-order valence-electron chi connectivity index (χ4n) is 1.31. The number of anilines is 1. The zero-order valence-electron chi connectivity index (χ0n) is 8.57. The molecule has 6 heteroatoms. The maximum Gasteiger partial charge on any atom is 0.275 e. The largest absolute Gasteiger partial charge is 0.339 e.